The molecule has 2 amide bonds. The van der Waals surface area contributed by atoms with Crippen molar-refractivity contribution in [2.75, 3.05) is 11.4 Å². The lowest BCUT2D eigenvalue weighted by atomic mass is 9.76. The highest BCUT2D eigenvalue weighted by Crippen LogP contribution is 2.43. The van der Waals surface area contributed by atoms with Gasteiger partial charge in [-0.05, 0) is 57.2 Å². The van der Waals surface area contributed by atoms with Crippen molar-refractivity contribution in [3.63, 3.8) is 0 Å². The van der Waals surface area contributed by atoms with Gasteiger partial charge in [0.05, 0.1) is 11.5 Å². The molecule has 2 fully saturated rings. The Morgan fingerprint density at radius 2 is 2.07 bits per heavy atom. The average molecular weight is 384 g/mol. The Balaban J connectivity index is 1.50. The molecule has 1 N–H and O–H groups in total. The van der Waals surface area contributed by atoms with Crippen molar-refractivity contribution >= 4 is 28.8 Å². The molecule has 5 nitrogen and oxygen atoms in total. The molecule has 1 saturated carbocycles. The molecule has 1 unspecified atom stereocenters. The number of hydrogen-bond donors (Lipinski definition) is 1. The van der Waals surface area contributed by atoms with Gasteiger partial charge < -0.3 is 10.2 Å². The van der Waals surface area contributed by atoms with E-state index in [0.29, 0.717) is 6.54 Å². The Morgan fingerprint density at radius 3 is 2.70 bits per heavy atom. The molecular weight excluding hydrogens is 358 g/mol. The van der Waals surface area contributed by atoms with Crippen molar-refractivity contribution < 1.29 is 9.59 Å². The number of carbonyl (C=O) groups excluding carboxylic acids is 2. The van der Waals surface area contributed by atoms with Crippen LogP contribution in [0, 0.1) is 26.7 Å². The fourth-order valence-electron chi connectivity index (χ4n) is 3.98. The number of aryl methyl sites for hydroxylation is 2. The van der Waals surface area contributed by atoms with Crippen LogP contribution in [0.4, 0.5) is 5.69 Å². The summed E-state index contributed by atoms with van der Waals surface area (Å²) >= 11 is 1.62. The summed E-state index contributed by atoms with van der Waals surface area (Å²) in [6.07, 6.45) is 3.21. The average Bonchev–Trinajstić information content (AvgIpc) is 3.20. The Kier molecular flexibility index (Phi) is 4.54. The van der Waals surface area contributed by atoms with Gasteiger partial charge in [0.25, 0.3) is 0 Å². The van der Waals surface area contributed by atoms with Crippen LogP contribution in [0.25, 0.3) is 0 Å². The zero-order valence-electron chi connectivity index (χ0n) is 16.0. The fourth-order valence-corrected chi connectivity index (χ4v) is 4.99. The summed E-state index contributed by atoms with van der Waals surface area (Å²) < 4.78 is 0. The number of benzene rings is 1. The number of hydrogen-bond acceptors (Lipinski definition) is 4. The molecule has 2 aliphatic rings. The van der Waals surface area contributed by atoms with Crippen molar-refractivity contribution in [2.45, 2.75) is 52.0 Å². The minimum atomic E-state index is -0.328. The largest absolute Gasteiger partial charge is 0.344 e. The van der Waals surface area contributed by atoms with Gasteiger partial charge in [0.1, 0.15) is 5.01 Å². The molecule has 0 spiro atoms. The second-order valence-corrected chi connectivity index (χ2v) is 8.70. The van der Waals surface area contributed by atoms with Crippen molar-refractivity contribution in [1.29, 1.82) is 0 Å². The smallest absolute Gasteiger partial charge is 0.227 e. The molecule has 1 saturated heterocycles. The lowest BCUT2D eigenvalue weighted by Gasteiger charge is -2.41. The van der Waals surface area contributed by atoms with E-state index in [4.69, 9.17) is 0 Å². The van der Waals surface area contributed by atoms with E-state index in [0.717, 1.165) is 46.8 Å². The first-order valence-electron chi connectivity index (χ1n) is 9.51. The maximum Gasteiger partial charge on any atom is 0.227 e. The molecule has 1 aliphatic carbocycles. The molecule has 1 aliphatic heterocycles. The minimum Gasteiger partial charge on any atom is -0.344 e. The van der Waals surface area contributed by atoms with Gasteiger partial charge in [0.2, 0.25) is 11.8 Å². The highest BCUT2D eigenvalue weighted by molar-refractivity contribution is 7.09. The third-order valence-corrected chi connectivity index (χ3v) is 7.12. The van der Waals surface area contributed by atoms with E-state index in [-0.39, 0.29) is 29.7 Å². The van der Waals surface area contributed by atoms with Gasteiger partial charge in [0.15, 0.2) is 0 Å². The van der Waals surface area contributed by atoms with Crippen molar-refractivity contribution in [1.82, 2.24) is 10.3 Å². The molecule has 142 valence electrons. The van der Waals surface area contributed by atoms with Crippen LogP contribution in [-0.2, 0) is 15.1 Å². The summed E-state index contributed by atoms with van der Waals surface area (Å²) in [4.78, 5) is 32.0. The molecule has 0 bridgehead atoms. The van der Waals surface area contributed by atoms with Gasteiger partial charge >= 0.3 is 0 Å². The summed E-state index contributed by atoms with van der Waals surface area (Å²) in [7, 11) is 0. The van der Waals surface area contributed by atoms with Gasteiger partial charge in [-0.15, -0.1) is 11.3 Å². The molecule has 4 rings (SSSR count). The predicted octanol–water partition coefficient (Wildman–Crippen LogP) is 3.62. The van der Waals surface area contributed by atoms with Crippen molar-refractivity contribution in [2.24, 2.45) is 5.92 Å². The molecule has 1 aromatic heterocycles. The summed E-state index contributed by atoms with van der Waals surface area (Å²) in [5.74, 6) is -0.309. The van der Waals surface area contributed by atoms with E-state index in [2.05, 4.69) is 10.3 Å². The van der Waals surface area contributed by atoms with Crippen LogP contribution in [0.15, 0.2) is 23.6 Å². The molecule has 2 heterocycles. The van der Waals surface area contributed by atoms with E-state index < -0.39 is 0 Å². The summed E-state index contributed by atoms with van der Waals surface area (Å²) in [5.41, 5.74) is 3.84. The second-order valence-electron chi connectivity index (χ2n) is 7.84. The number of amides is 2. The van der Waals surface area contributed by atoms with Gasteiger partial charge in [-0.2, -0.15) is 0 Å². The maximum absolute atomic E-state index is 13.0. The molecule has 2 aromatic rings. The summed E-state index contributed by atoms with van der Waals surface area (Å²) in [5, 5.41) is 6.28. The Morgan fingerprint density at radius 1 is 1.30 bits per heavy atom. The summed E-state index contributed by atoms with van der Waals surface area (Å²) in [6.45, 7) is 6.49. The first-order chi connectivity index (χ1) is 12.9. The molecule has 6 heteroatoms. The molecule has 0 radical (unpaired) electrons. The standard InChI is InChI=1S/C21H25N3O2S/c1-13-6-4-7-17(15(13)3)24-11-16(10-18(24)25)19(26)23-21(8-5-9-21)20-22-14(2)12-27-20/h4,6-7,12,16H,5,8-11H2,1-3H3,(H,23,26). The van der Waals surface area contributed by atoms with Crippen molar-refractivity contribution in [3.05, 3.63) is 45.4 Å². The van der Waals surface area contributed by atoms with E-state index in [1.54, 1.807) is 16.2 Å². The maximum atomic E-state index is 13.0. The number of rotatable bonds is 4. The van der Waals surface area contributed by atoms with E-state index in [1.165, 1.54) is 0 Å². The third kappa shape index (κ3) is 3.16. The normalized spacial score (nSPS) is 21.2. The van der Waals surface area contributed by atoms with E-state index >= 15 is 0 Å². The van der Waals surface area contributed by atoms with Gasteiger partial charge in [-0.1, -0.05) is 12.1 Å². The SMILES string of the molecule is Cc1csc(C2(NC(=O)C3CC(=O)N(c4cccc(C)c4C)C3)CCC2)n1. The van der Waals surface area contributed by atoms with Crippen LogP contribution in [0.5, 0.6) is 0 Å². The number of thiazole rings is 1. The highest BCUT2D eigenvalue weighted by atomic mass is 32.1. The molecule has 1 aromatic carbocycles. The van der Waals surface area contributed by atoms with Crippen LogP contribution in [0.1, 0.15) is 47.5 Å². The Bertz CT molecular complexity index is 901. The summed E-state index contributed by atoms with van der Waals surface area (Å²) in [6, 6.07) is 5.97. The van der Waals surface area contributed by atoms with E-state index in [1.807, 2.05) is 44.4 Å². The van der Waals surface area contributed by atoms with Crippen LogP contribution >= 0.6 is 11.3 Å². The highest BCUT2D eigenvalue weighted by Gasteiger charge is 2.45. The molecule has 27 heavy (non-hydrogen) atoms. The lowest BCUT2D eigenvalue weighted by molar-refractivity contribution is -0.129. The van der Waals surface area contributed by atoms with E-state index in [9.17, 15) is 9.59 Å². The number of nitrogens with zero attached hydrogens (tertiary/aromatic N) is 2. The van der Waals surface area contributed by atoms with Crippen LogP contribution in [0.2, 0.25) is 0 Å². The lowest BCUT2D eigenvalue weighted by Crippen LogP contribution is -2.52. The zero-order chi connectivity index (χ0) is 19.2. The Labute approximate surface area is 163 Å². The van der Waals surface area contributed by atoms with Gasteiger partial charge in [0, 0.05) is 29.7 Å². The third-order valence-electron chi connectivity index (χ3n) is 5.96. The zero-order valence-corrected chi connectivity index (χ0v) is 16.9. The van der Waals surface area contributed by atoms with Gasteiger partial charge in [-0.3, -0.25) is 9.59 Å². The van der Waals surface area contributed by atoms with Gasteiger partial charge in [-0.25, -0.2) is 4.98 Å². The first-order valence-corrected chi connectivity index (χ1v) is 10.4. The van der Waals surface area contributed by atoms with Crippen LogP contribution in [0.3, 0.4) is 0 Å². The fraction of sp³-hybridized carbons (Fsp3) is 0.476. The molecular formula is C21H25N3O2S. The Hall–Kier alpha value is -2.21. The molecule has 1 atom stereocenters. The minimum absolute atomic E-state index is 0.0243. The second kappa shape index (κ2) is 6.75. The van der Waals surface area contributed by atoms with Crippen LogP contribution < -0.4 is 10.2 Å². The van der Waals surface area contributed by atoms with Crippen LogP contribution in [-0.4, -0.2) is 23.3 Å². The van der Waals surface area contributed by atoms with Crippen molar-refractivity contribution in [3.8, 4) is 0 Å². The number of aromatic nitrogens is 1. The quantitative estimate of drug-likeness (QED) is 0.877. The monoisotopic (exact) mass is 383 g/mol. The topological polar surface area (TPSA) is 62.3 Å². The number of carbonyl (C=O) groups is 2. The predicted molar refractivity (Wildman–Crippen MR) is 107 cm³/mol. The number of nitrogens with one attached hydrogen (secondary N) is 1. The first kappa shape index (κ1) is 18.2. The number of anilines is 1.